The zero-order valence-corrected chi connectivity index (χ0v) is 10.8. The number of alkyl halides is 2. The van der Waals surface area contributed by atoms with Gasteiger partial charge in [-0.05, 0) is 31.6 Å². The van der Waals surface area contributed by atoms with Crippen LogP contribution in [-0.2, 0) is 4.79 Å². The van der Waals surface area contributed by atoms with E-state index in [0.29, 0.717) is 0 Å². The van der Waals surface area contributed by atoms with Gasteiger partial charge in [0.2, 0.25) is 5.92 Å². The molecule has 0 aromatic heterocycles. The molecule has 0 aromatic carbocycles. The van der Waals surface area contributed by atoms with Gasteiger partial charge >= 0.3 is 5.97 Å². The van der Waals surface area contributed by atoms with Gasteiger partial charge < -0.3 is 5.11 Å². The predicted molar refractivity (Wildman–Crippen MR) is 64.7 cm³/mol. The summed E-state index contributed by atoms with van der Waals surface area (Å²) in [5.41, 5.74) is -0.869. The van der Waals surface area contributed by atoms with Crippen LogP contribution in [0.25, 0.3) is 0 Å². The second-order valence-corrected chi connectivity index (χ2v) is 6.01. The fraction of sp³-hybridized carbons (Fsp3) is 0.929. The molecule has 2 saturated carbocycles. The standard InChI is InChI=1S/C14H22F2O2/c15-14(16)9-7-13(8-10-14,12(17)18)11-5-3-1-2-4-6-11/h11H,1-10H2,(H,17,18). The van der Waals surface area contributed by atoms with Crippen molar-refractivity contribution < 1.29 is 18.7 Å². The van der Waals surface area contributed by atoms with Gasteiger partial charge in [0.05, 0.1) is 5.41 Å². The normalized spacial score (nSPS) is 28.6. The molecule has 0 saturated heterocycles. The maximum absolute atomic E-state index is 13.3. The molecule has 0 unspecified atom stereocenters. The van der Waals surface area contributed by atoms with Gasteiger partial charge in [0.25, 0.3) is 0 Å². The zero-order valence-electron chi connectivity index (χ0n) is 10.8. The molecule has 2 rings (SSSR count). The van der Waals surface area contributed by atoms with E-state index in [1.165, 1.54) is 0 Å². The van der Waals surface area contributed by atoms with Crippen LogP contribution < -0.4 is 0 Å². The summed E-state index contributed by atoms with van der Waals surface area (Å²) in [5, 5.41) is 9.56. The molecule has 0 spiro atoms. The van der Waals surface area contributed by atoms with Crippen LogP contribution in [0.3, 0.4) is 0 Å². The first-order chi connectivity index (χ1) is 8.46. The van der Waals surface area contributed by atoms with E-state index in [1.807, 2.05) is 0 Å². The molecule has 18 heavy (non-hydrogen) atoms. The van der Waals surface area contributed by atoms with E-state index in [2.05, 4.69) is 0 Å². The largest absolute Gasteiger partial charge is 0.481 e. The molecule has 2 nitrogen and oxygen atoms in total. The van der Waals surface area contributed by atoms with E-state index in [1.54, 1.807) is 0 Å². The third-order valence-electron chi connectivity index (χ3n) is 4.94. The summed E-state index contributed by atoms with van der Waals surface area (Å²) in [6.45, 7) is 0. The first-order valence-electron chi connectivity index (χ1n) is 7.08. The van der Waals surface area contributed by atoms with Crippen LogP contribution in [0.2, 0.25) is 0 Å². The van der Waals surface area contributed by atoms with Gasteiger partial charge in [-0.15, -0.1) is 0 Å². The first-order valence-corrected chi connectivity index (χ1v) is 7.08. The van der Waals surface area contributed by atoms with E-state index < -0.39 is 17.3 Å². The lowest BCUT2D eigenvalue weighted by atomic mass is 9.63. The van der Waals surface area contributed by atoms with Gasteiger partial charge in [-0.25, -0.2) is 8.78 Å². The van der Waals surface area contributed by atoms with E-state index in [9.17, 15) is 18.7 Å². The Hall–Kier alpha value is -0.670. The van der Waals surface area contributed by atoms with Crippen molar-refractivity contribution in [3.8, 4) is 0 Å². The Morgan fingerprint density at radius 2 is 1.44 bits per heavy atom. The highest BCUT2D eigenvalue weighted by molar-refractivity contribution is 5.75. The van der Waals surface area contributed by atoms with Crippen molar-refractivity contribution in [2.24, 2.45) is 11.3 Å². The molecule has 2 aliphatic carbocycles. The second kappa shape index (κ2) is 5.14. The topological polar surface area (TPSA) is 37.3 Å². The van der Waals surface area contributed by atoms with Crippen LogP contribution in [0.1, 0.15) is 64.2 Å². The van der Waals surface area contributed by atoms with Crippen molar-refractivity contribution in [2.45, 2.75) is 70.1 Å². The monoisotopic (exact) mass is 260 g/mol. The Kier molecular flexibility index (Phi) is 3.93. The molecule has 2 aliphatic rings. The van der Waals surface area contributed by atoms with Gasteiger partial charge in [-0.3, -0.25) is 4.79 Å². The molecule has 0 amide bonds. The molecule has 0 heterocycles. The SMILES string of the molecule is O=C(O)C1(C2CCCCCC2)CCC(F)(F)CC1. The highest BCUT2D eigenvalue weighted by atomic mass is 19.3. The third kappa shape index (κ3) is 2.67. The van der Waals surface area contributed by atoms with Crippen LogP contribution in [-0.4, -0.2) is 17.0 Å². The molecule has 0 radical (unpaired) electrons. The Balaban J connectivity index is 2.14. The molecule has 0 atom stereocenters. The molecule has 4 heteroatoms. The van der Waals surface area contributed by atoms with Gasteiger partial charge in [0.1, 0.15) is 0 Å². The van der Waals surface area contributed by atoms with E-state index in [0.717, 1.165) is 38.5 Å². The van der Waals surface area contributed by atoms with E-state index >= 15 is 0 Å². The Bertz CT molecular complexity index is 297. The lowest BCUT2D eigenvalue weighted by molar-refractivity contribution is -0.163. The average Bonchev–Trinajstić information content (AvgIpc) is 2.58. The fourth-order valence-corrected chi connectivity index (χ4v) is 3.69. The van der Waals surface area contributed by atoms with E-state index in [4.69, 9.17) is 0 Å². The Labute approximate surface area is 107 Å². The van der Waals surface area contributed by atoms with Gasteiger partial charge in [0, 0.05) is 12.8 Å². The average molecular weight is 260 g/mol. The lowest BCUT2D eigenvalue weighted by Crippen LogP contribution is -2.44. The summed E-state index contributed by atoms with van der Waals surface area (Å²) in [6.07, 6.45) is 6.01. The van der Waals surface area contributed by atoms with Gasteiger partial charge in [-0.2, -0.15) is 0 Å². The fourth-order valence-electron chi connectivity index (χ4n) is 3.69. The molecule has 104 valence electrons. The number of carboxylic acid groups (broad SMARTS) is 1. The minimum absolute atomic E-state index is 0.105. The number of hydrogen-bond acceptors (Lipinski definition) is 1. The quantitative estimate of drug-likeness (QED) is 0.754. The summed E-state index contributed by atoms with van der Waals surface area (Å²) in [4.78, 5) is 11.7. The molecular formula is C14H22F2O2. The van der Waals surface area contributed by atoms with E-state index in [-0.39, 0.29) is 31.6 Å². The zero-order chi connectivity index (χ0) is 13.2. The van der Waals surface area contributed by atoms with Crippen molar-refractivity contribution in [3.05, 3.63) is 0 Å². The van der Waals surface area contributed by atoms with Crippen molar-refractivity contribution in [1.29, 1.82) is 0 Å². The number of carboxylic acids is 1. The smallest absolute Gasteiger partial charge is 0.309 e. The van der Waals surface area contributed by atoms with Gasteiger partial charge in [0.15, 0.2) is 0 Å². The Morgan fingerprint density at radius 1 is 0.944 bits per heavy atom. The highest BCUT2D eigenvalue weighted by Crippen LogP contribution is 2.51. The van der Waals surface area contributed by atoms with Crippen LogP contribution in [0.5, 0.6) is 0 Å². The molecule has 2 fully saturated rings. The molecule has 0 aromatic rings. The minimum Gasteiger partial charge on any atom is -0.481 e. The lowest BCUT2D eigenvalue weighted by Gasteiger charge is -2.42. The summed E-state index contributed by atoms with van der Waals surface area (Å²) in [5.74, 6) is -3.39. The van der Waals surface area contributed by atoms with Crippen molar-refractivity contribution in [2.75, 3.05) is 0 Å². The third-order valence-corrected chi connectivity index (χ3v) is 4.94. The maximum Gasteiger partial charge on any atom is 0.309 e. The molecular weight excluding hydrogens is 238 g/mol. The van der Waals surface area contributed by atoms with Crippen LogP contribution in [0.4, 0.5) is 8.78 Å². The summed E-state index contributed by atoms with van der Waals surface area (Å²) in [6, 6.07) is 0. The predicted octanol–water partition coefficient (Wildman–Crippen LogP) is 4.24. The second-order valence-electron chi connectivity index (χ2n) is 6.01. The van der Waals surface area contributed by atoms with Crippen LogP contribution in [0.15, 0.2) is 0 Å². The van der Waals surface area contributed by atoms with Gasteiger partial charge in [-0.1, -0.05) is 25.7 Å². The molecule has 0 aliphatic heterocycles. The van der Waals surface area contributed by atoms with Crippen LogP contribution in [0, 0.1) is 11.3 Å². The molecule has 0 bridgehead atoms. The maximum atomic E-state index is 13.3. The number of hydrogen-bond donors (Lipinski definition) is 1. The number of halogens is 2. The first kappa shape index (κ1) is 13.8. The van der Waals surface area contributed by atoms with Crippen LogP contribution >= 0.6 is 0 Å². The Morgan fingerprint density at radius 3 is 1.89 bits per heavy atom. The summed E-state index contributed by atoms with van der Waals surface area (Å²) >= 11 is 0. The van der Waals surface area contributed by atoms with Crippen molar-refractivity contribution in [1.82, 2.24) is 0 Å². The number of carbonyl (C=O) groups is 1. The minimum atomic E-state index is -2.65. The number of aliphatic carboxylic acids is 1. The summed E-state index contributed by atoms with van der Waals surface area (Å²) < 4.78 is 26.5. The molecule has 1 N–H and O–H groups in total. The van der Waals surface area contributed by atoms with Crippen molar-refractivity contribution in [3.63, 3.8) is 0 Å². The van der Waals surface area contributed by atoms with Crippen molar-refractivity contribution >= 4 is 5.97 Å². The summed E-state index contributed by atoms with van der Waals surface area (Å²) in [7, 11) is 0. The number of rotatable bonds is 2. The highest BCUT2D eigenvalue weighted by Gasteiger charge is 2.51.